The first-order valence-corrected chi connectivity index (χ1v) is 15.3. The van der Waals surface area contributed by atoms with Crippen molar-refractivity contribution in [3.8, 4) is 0 Å². The molecule has 0 aromatic rings. The molecule has 2 rings (SSSR count). The molecule has 0 heteroatoms. The quantitative estimate of drug-likeness (QED) is 0.192. The van der Waals surface area contributed by atoms with Crippen molar-refractivity contribution in [1.29, 1.82) is 0 Å². The second kappa shape index (κ2) is 15.8. The predicted molar refractivity (Wildman–Crippen MR) is 181 cm³/mol. The Morgan fingerprint density at radius 3 is 1.82 bits per heavy atom. The lowest BCUT2D eigenvalue weighted by Gasteiger charge is -2.37. The van der Waals surface area contributed by atoms with Crippen LogP contribution in [0.5, 0.6) is 0 Å². The highest BCUT2D eigenvalue weighted by Gasteiger charge is 2.31. The second-order valence-corrected chi connectivity index (χ2v) is 13.3. The van der Waals surface area contributed by atoms with Gasteiger partial charge < -0.3 is 0 Å². The summed E-state index contributed by atoms with van der Waals surface area (Å²) in [7, 11) is 0. The van der Waals surface area contributed by atoms with E-state index in [9.17, 15) is 0 Å². The van der Waals surface area contributed by atoms with Crippen molar-refractivity contribution in [3.05, 3.63) is 131 Å². The maximum Gasteiger partial charge on any atom is -0.0104 e. The number of hydrogen-bond donors (Lipinski definition) is 0. The van der Waals surface area contributed by atoms with Gasteiger partial charge in [-0.3, -0.25) is 0 Å². The fourth-order valence-electron chi connectivity index (χ4n) is 5.84. The monoisotopic (exact) mass is 536 g/mol. The molecule has 0 fully saturated rings. The van der Waals surface area contributed by atoms with Crippen LogP contribution in [-0.2, 0) is 0 Å². The topological polar surface area (TPSA) is 0 Å². The molecule has 2 atom stereocenters. The van der Waals surface area contributed by atoms with Crippen molar-refractivity contribution in [2.75, 3.05) is 0 Å². The van der Waals surface area contributed by atoms with E-state index in [1.807, 2.05) is 0 Å². The van der Waals surface area contributed by atoms with Crippen LogP contribution in [0.4, 0.5) is 0 Å². The highest BCUT2D eigenvalue weighted by molar-refractivity contribution is 5.37. The summed E-state index contributed by atoms with van der Waals surface area (Å²) in [5.41, 5.74) is 8.61. The normalized spacial score (nSPS) is 25.1. The SMILES string of the molecule is CC1=C(/C=C/C(C)=C\C=C/C(C)=C/C=C/C=C(C)\C=C\C=C(C)\C=C/[C@@H]2[C@H](C)CC=CC2(C)C)C(C)(C)CCC1. The third-order valence-corrected chi connectivity index (χ3v) is 8.42. The molecule has 0 nitrogen and oxygen atoms in total. The molecular weight excluding hydrogens is 480 g/mol. The van der Waals surface area contributed by atoms with Crippen molar-refractivity contribution < 1.29 is 0 Å². The summed E-state index contributed by atoms with van der Waals surface area (Å²) < 4.78 is 0. The summed E-state index contributed by atoms with van der Waals surface area (Å²) >= 11 is 0. The Kier molecular flexibility index (Phi) is 13.2. The second-order valence-electron chi connectivity index (χ2n) is 13.3. The summed E-state index contributed by atoms with van der Waals surface area (Å²) in [6, 6.07) is 0. The minimum Gasteiger partial charge on any atom is -0.0877 e. The van der Waals surface area contributed by atoms with Gasteiger partial charge in [0.25, 0.3) is 0 Å². The minimum atomic E-state index is 0.231. The van der Waals surface area contributed by atoms with E-state index in [0.717, 1.165) is 0 Å². The summed E-state index contributed by atoms with van der Waals surface area (Å²) in [5, 5.41) is 0. The van der Waals surface area contributed by atoms with Gasteiger partial charge in [0.15, 0.2) is 0 Å². The van der Waals surface area contributed by atoms with Crippen LogP contribution in [0.2, 0.25) is 0 Å². The first kappa shape index (κ1) is 33.3. The fourth-order valence-corrected chi connectivity index (χ4v) is 5.84. The molecule has 0 saturated carbocycles. The van der Waals surface area contributed by atoms with Gasteiger partial charge >= 0.3 is 0 Å². The zero-order chi connectivity index (χ0) is 29.8. The number of rotatable bonds is 10. The average Bonchev–Trinajstić information content (AvgIpc) is 2.85. The molecule has 0 unspecified atom stereocenters. The summed E-state index contributed by atoms with van der Waals surface area (Å²) in [5.74, 6) is 1.27. The Hall–Kier alpha value is -2.86. The molecule has 2 aliphatic rings. The van der Waals surface area contributed by atoms with E-state index in [4.69, 9.17) is 0 Å². The Balaban J connectivity index is 1.87. The zero-order valence-electron chi connectivity index (χ0n) is 27.2. The molecule has 0 amide bonds. The zero-order valence-corrected chi connectivity index (χ0v) is 27.2. The van der Waals surface area contributed by atoms with Crippen molar-refractivity contribution in [2.24, 2.45) is 22.7 Å². The predicted octanol–water partition coefficient (Wildman–Crippen LogP) is 12.3. The molecule has 0 radical (unpaired) electrons. The van der Waals surface area contributed by atoms with Crippen LogP contribution in [0.3, 0.4) is 0 Å². The van der Waals surface area contributed by atoms with Gasteiger partial charge in [0.2, 0.25) is 0 Å². The molecule has 0 aromatic heterocycles. The first-order chi connectivity index (χ1) is 18.8. The van der Waals surface area contributed by atoms with Crippen LogP contribution in [0.15, 0.2) is 131 Å². The molecule has 0 saturated heterocycles. The number of allylic oxidation sites excluding steroid dienone is 22. The molecule has 0 heterocycles. The third-order valence-electron chi connectivity index (χ3n) is 8.42. The minimum absolute atomic E-state index is 0.231. The third kappa shape index (κ3) is 11.3. The van der Waals surface area contributed by atoms with Crippen molar-refractivity contribution in [2.45, 2.75) is 94.9 Å². The van der Waals surface area contributed by atoms with E-state index in [1.54, 1.807) is 5.57 Å². The van der Waals surface area contributed by atoms with E-state index in [0.29, 0.717) is 17.3 Å². The highest BCUT2D eigenvalue weighted by atomic mass is 14.4. The van der Waals surface area contributed by atoms with Crippen LogP contribution in [0.25, 0.3) is 0 Å². The smallest absolute Gasteiger partial charge is 0.0104 e. The molecule has 216 valence electrons. The highest BCUT2D eigenvalue weighted by Crippen LogP contribution is 2.41. The summed E-state index contributed by atoms with van der Waals surface area (Å²) in [6.07, 6.45) is 40.6. The van der Waals surface area contributed by atoms with Crippen LogP contribution in [0.1, 0.15) is 94.9 Å². The van der Waals surface area contributed by atoms with Crippen LogP contribution < -0.4 is 0 Å². The summed E-state index contributed by atoms with van der Waals surface area (Å²) in [6.45, 7) is 22.7. The van der Waals surface area contributed by atoms with Gasteiger partial charge in [-0.05, 0) is 88.5 Å². The van der Waals surface area contributed by atoms with E-state index in [2.05, 4.69) is 166 Å². The molecule has 0 aromatic carbocycles. The van der Waals surface area contributed by atoms with Gasteiger partial charge in [-0.15, -0.1) is 0 Å². The van der Waals surface area contributed by atoms with Crippen LogP contribution in [0, 0.1) is 22.7 Å². The standard InChI is InChI=1S/C40H56/c1-31(19-13-21-33(3)25-27-37-35(5)23-15-29-39(37,7)8)17-11-12-18-32(2)20-14-22-34(4)26-28-38-36(6)24-16-30-40(38,9)10/h11-15,17-22,25-29,35,37H,16,23-24,30H2,1-10H3/b12-11+,19-13+,20-14-,27-25-,28-26+,31-17-,32-18+,33-21+,34-22-/t35-,37-/m1/s1. The average molecular weight is 537 g/mol. The van der Waals surface area contributed by atoms with Gasteiger partial charge in [-0.1, -0.05) is 160 Å². The maximum absolute atomic E-state index is 2.41. The lowest BCUT2D eigenvalue weighted by molar-refractivity contribution is 0.238. The van der Waals surface area contributed by atoms with Crippen molar-refractivity contribution in [3.63, 3.8) is 0 Å². The van der Waals surface area contributed by atoms with Crippen molar-refractivity contribution in [1.82, 2.24) is 0 Å². The lowest BCUT2D eigenvalue weighted by Crippen LogP contribution is -2.28. The Morgan fingerprint density at radius 1 is 0.750 bits per heavy atom. The molecule has 2 aliphatic carbocycles. The maximum atomic E-state index is 2.41. The van der Waals surface area contributed by atoms with Gasteiger partial charge in [0, 0.05) is 0 Å². The van der Waals surface area contributed by atoms with Crippen molar-refractivity contribution >= 4 is 0 Å². The Labute approximate surface area is 247 Å². The van der Waals surface area contributed by atoms with E-state index >= 15 is 0 Å². The molecular formula is C40H56. The fraction of sp³-hybridized carbons (Fsp3) is 0.450. The van der Waals surface area contributed by atoms with E-state index < -0.39 is 0 Å². The Morgan fingerprint density at radius 2 is 1.27 bits per heavy atom. The molecule has 0 N–H and O–H groups in total. The summed E-state index contributed by atoms with van der Waals surface area (Å²) in [4.78, 5) is 0. The molecule has 0 bridgehead atoms. The van der Waals surface area contributed by atoms with E-state index in [-0.39, 0.29) is 5.41 Å². The number of hydrogen-bond acceptors (Lipinski definition) is 0. The van der Waals surface area contributed by atoms with Gasteiger partial charge in [-0.25, -0.2) is 0 Å². The first-order valence-electron chi connectivity index (χ1n) is 15.3. The van der Waals surface area contributed by atoms with Gasteiger partial charge in [-0.2, -0.15) is 0 Å². The largest absolute Gasteiger partial charge is 0.0877 e. The van der Waals surface area contributed by atoms with Gasteiger partial charge in [0.1, 0.15) is 0 Å². The Bertz CT molecular complexity index is 1180. The van der Waals surface area contributed by atoms with Crippen LogP contribution >= 0.6 is 0 Å². The molecule has 0 aliphatic heterocycles. The van der Waals surface area contributed by atoms with E-state index in [1.165, 1.54) is 53.5 Å². The lowest BCUT2D eigenvalue weighted by atomic mass is 9.68. The van der Waals surface area contributed by atoms with Crippen LogP contribution in [-0.4, -0.2) is 0 Å². The molecule has 40 heavy (non-hydrogen) atoms. The van der Waals surface area contributed by atoms with Gasteiger partial charge in [0.05, 0.1) is 0 Å². The molecule has 0 spiro atoms.